The van der Waals surface area contributed by atoms with E-state index in [0.29, 0.717) is 41.2 Å². The number of carbonyl (C=O) groups is 1. The Morgan fingerprint density at radius 2 is 2.02 bits per heavy atom. The van der Waals surface area contributed by atoms with Crippen molar-refractivity contribution >= 4 is 39.1 Å². The van der Waals surface area contributed by atoms with Gasteiger partial charge in [-0.05, 0) is 49.5 Å². The van der Waals surface area contributed by atoms with Gasteiger partial charge in [-0.2, -0.15) is 0 Å². The lowest BCUT2D eigenvalue weighted by Crippen LogP contribution is -2.57. The number of halogens is 1. The molecule has 13 nitrogen and oxygen atoms in total. The van der Waals surface area contributed by atoms with Gasteiger partial charge in [0, 0.05) is 44.3 Å². The molecule has 2 saturated heterocycles. The van der Waals surface area contributed by atoms with Crippen molar-refractivity contribution in [3.63, 3.8) is 0 Å². The lowest BCUT2D eigenvalue weighted by Gasteiger charge is -2.44. The number of ether oxygens (including phenoxy) is 3. The molecule has 15 heteroatoms. The minimum atomic E-state index is -1.08. The smallest absolute Gasteiger partial charge is 0.410 e. The molecule has 3 aliphatic heterocycles. The Morgan fingerprint density at radius 1 is 1.27 bits per heavy atom. The molecule has 6 atom stereocenters. The van der Waals surface area contributed by atoms with E-state index in [1.807, 2.05) is 26.2 Å². The molecule has 0 aliphatic carbocycles. The highest BCUT2D eigenvalue weighted by atomic mass is 79.9. The maximum Gasteiger partial charge on any atom is 0.410 e. The highest BCUT2D eigenvalue weighted by Gasteiger charge is 2.48. The maximum atomic E-state index is 12.4. The fraction of sp³-hybridized carbons (Fsp3) is 0.731. The highest BCUT2D eigenvalue weighted by Crippen LogP contribution is 2.36. The summed E-state index contributed by atoms with van der Waals surface area (Å²) in [6.07, 6.45) is 0.857. The van der Waals surface area contributed by atoms with E-state index in [0.717, 1.165) is 18.6 Å². The number of methoxy groups -OCH3 is 1. The normalized spacial score (nSPS) is 29.3. The summed E-state index contributed by atoms with van der Waals surface area (Å²) in [5.41, 5.74) is 1.03. The number of thiazole rings is 1. The summed E-state index contributed by atoms with van der Waals surface area (Å²) in [7, 11) is 1.56. The SMILES string of the molecule is CO[C@@H]1[C@@H](n2cc(-c3nc(Br)cs3)nn2)[C@@H](O)[C@@H](CO)O[C@@H]1CC1CC(C2CCN(C(=O)OC(C)(C)C)CC2)=NO1. The van der Waals surface area contributed by atoms with E-state index in [4.69, 9.17) is 19.0 Å². The molecular weight excluding hydrogens is 620 g/mol. The summed E-state index contributed by atoms with van der Waals surface area (Å²) in [5, 5.41) is 36.6. The molecular formula is C26H37BrN6O7S. The lowest BCUT2D eigenvalue weighted by atomic mass is 9.86. The van der Waals surface area contributed by atoms with Crippen molar-refractivity contribution in [2.75, 3.05) is 26.8 Å². The Morgan fingerprint density at radius 3 is 2.66 bits per heavy atom. The van der Waals surface area contributed by atoms with Crippen LogP contribution in [0.2, 0.25) is 0 Å². The van der Waals surface area contributed by atoms with Crippen molar-refractivity contribution in [1.82, 2.24) is 24.9 Å². The first-order chi connectivity index (χ1) is 19.6. The van der Waals surface area contributed by atoms with Crippen molar-refractivity contribution in [3.8, 4) is 10.7 Å². The Balaban J connectivity index is 1.21. The molecule has 2 aromatic heterocycles. The lowest BCUT2D eigenvalue weighted by molar-refractivity contribution is -0.219. The number of piperidine rings is 1. The minimum absolute atomic E-state index is 0.225. The van der Waals surface area contributed by atoms with Gasteiger partial charge in [-0.3, -0.25) is 0 Å². The molecule has 0 radical (unpaired) electrons. The highest BCUT2D eigenvalue weighted by molar-refractivity contribution is 9.10. The molecule has 5 heterocycles. The van der Waals surface area contributed by atoms with Gasteiger partial charge in [0.25, 0.3) is 0 Å². The number of hydrogen-bond acceptors (Lipinski definition) is 12. The predicted molar refractivity (Wildman–Crippen MR) is 152 cm³/mol. The molecule has 0 aromatic carbocycles. The van der Waals surface area contributed by atoms with Gasteiger partial charge < -0.3 is 34.2 Å². The second-order valence-corrected chi connectivity index (χ2v) is 13.3. The van der Waals surface area contributed by atoms with Gasteiger partial charge in [-0.25, -0.2) is 14.5 Å². The van der Waals surface area contributed by atoms with Crippen LogP contribution in [0.15, 0.2) is 21.3 Å². The Hall–Kier alpha value is -2.17. The third-order valence-corrected chi connectivity index (χ3v) is 9.19. The first-order valence-corrected chi connectivity index (χ1v) is 15.4. The van der Waals surface area contributed by atoms with Crippen LogP contribution in [0.5, 0.6) is 0 Å². The van der Waals surface area contributed by atoms with Crippen LogP contribution < -0.4 is 0 Å². The molecule has 0 saturated carbocycles. The molecule has 0 bridgehead atoms. The number of oxime groups is 1. The molecule has 41 heavy (non-hydrogen) atoms. The summed E-state index contributed by atoms with van der Waals surface area (Å²) in [4.78, 5) is 24.4. The monoisotopic (exact) mass is 656 g/mol. The molecule has 226 valence electrons. The molecule has 5 rings (SSSR count). The summed E-state index contributed by atoms with van der Waals surface area (Å²) in [5.74, 6) is 0.225. The Bertz CT molecular complexity index is 1230. The molecule has 1 unspecified atom stereocenters. The van der Waals surface area contributed by atoms with Gasteiger partial charge in [0.1, 0.15) is 51.4 Å². The fourth-order valence-corrected chi connectivity index (χ4v) is 6.85. The maximum absolute atomic E-state index is 12.4. The van der Waals surface area contributed by atoms with Gasteiger partial charge >= 0.3 is 6.09 Å². The van der Waals surface area contributed by atoms with Gasteiger partial charge in [0.2, 0.25) is 0 Å². The summed E-state index contributed by atoms with van der Waals surface area (Å²) < 4.78 is 19.8. The second-order valence-electron chi connectivity index (χ2n) is 11.6. The molecule has 0 spiro atoms. The summed E-state index contributed by atoms with van der Waals surface area (Å²) >= 11 is 4.78. The Kier molecular flexibility index (Phi) is 9.31. The van der Waals surface area contributed by atoms with E-state index in [1.54, 1.807) is 22.9 Å². The molecule has 3 aliphatic rings. The van der Waals surface area contributed by atoms with Crippen molar-refractivity contribution in [3.05, 3.63) is 16.2 Å². The topological polar surface area (TPSA) is 154 Å². The third-order valence-electron chi connectivity index (χ3n) is 7.62. The zero-order valence-electron chi connectivity index (χ0n) is 23.6. The van der Waals surface area contributed by atoms with Crippen LogP contribution in [0.25, 0.3) is 10.7 Å². The zero-order chi connectivity index (χ0) is 29.3. The number of aromatic nitrogens is 4. The van der Waals surface area contributed by atoms with Crippen LogP contribution in [0.3, 0.4) is 0 Å². The van der Waals surface area contributed by atoms with E-state index in [-0.39, 0.29) is 24.7 Å². The van der Waals surface area contributed by atoms with Crippen molar-refractivity contribution in [1.29, 1.82) is 0 Å². The zero-order valence-corrected chi connectivity index (χ0v) is 26.0. The quantitative estimate of drug-likeness (QED) is 0.454. The molecule has 2 N–H and O–H groups in total. The first-order valence-electron chi connectivity index (χ1n) is 13.8. The van der Waals surface area contributed by atoms with Crippen LogP contribution in [-0.4, -0.2) is 110 Å². The number of hydrogen-bond donors (Lipinski definition) is 2. The van der Waals surface area contributed by atoms with Crippen molar-refractivity contribution in [2.24, 2.45) is 11.1 Å². The van der Waals surface area contributed by atoms with Gasteiger partial charge in [0.05, 0.1) is 24.6 Å². The fourth-order valence-electron chi connectivity index (χ4n) is 5.65. The van der Waals surface area contributed by atoms with Gasteiger partial charge in [-0.15, -0.1) is 16.4 Å². The van der Waals surface area contributed by atoms with E-state index in [9.17, 15) is 15.0 Å². The van der Waals surface area contributed by atoms with Crippen LogP contribution >= 0.6 is 27.3 Å². The van der Waals surface area contributed by atoms with Crippen LogP contribution in [0.1, 0.15) is 52.5 Å². The first kappa shape index (κ1) is 30.3. The summed E-state index contributed by atoms with van der Waals surface area (Å²) in [6, 6.07) is -0.653. The van der Waals surface area contributed by atoms with E-state index in [1.165, 1.54) is 11.3 Å². The van der Waals surface area contributed by atoms with Crippen molar-refractivity contribution in [2.45, 2.75) is 88.6 Å². The number of amides is 1. The average Bonchev–Trinajstić information content (AvgIpc) is 3.69. The van der Waals surface area contributed by atoms with Gasteiger partial charge in [-0.1, -0.05) is 10.4 Å². The standard InChI is InChI=1S/C26H37BrN6O7S/c1-26(2,3)39-25(36)32-7-5-14(6-8-32)16-9-15(40-30-16)10-18-23(37-4)21(22(35)19(12-34)38-18)33-11-17(29-31-33)24-28-20(27)13-41-24/h11,13-15,18-19,21-23,34-35H,5-10,12H2,1-4H3/t15?,18-,19-,21+,22+,23+/m1/s1. The minimum Gasteiger partial charge on any atom is -0.444 e. The van der Waals surface area contributed by atoms with E-state index >= 15 is 0 Å². The number of nitrogens with zero attached hydrogens (tertiary/aromatic N) is 6. The number of aliphatic hydroxyl groups is 2. The number of aliphatic hydroxyl groups excluding tert-OH is 2. The van der Waals surface area contributed by atoms with Crippen LogP contribution in [0.4, 0.5) is 4.79 Å². The van der Waals surface area contributed by atoms with E-state index in [2.05, 4.69) is 36.4 Å². The summed E-state index contributed by atoms with van der Waals surface area (Å²) in [6.45, 7) is 6.44. The Labute approximate surface area is 250 Å². The molecule has 1 amide bonds. The number of rotatable bonds is 7. The largest absolute Gasteiger partial charge is 0.444 e. The predicted octanol–water partition coefficient (Wildman–Crippen LogP) is 3.02. The van der Waals surface area contributed by atoms with Gasteiger partial charge in [0.15, 0.2) is 0 Å². The van der Waals surface area contributed by atoms with Crippen LogP contribution in [0, 0.1) is 5.92 Å². The average molecular weight is 658 g/mol. The molecule has 2 aromatic rings. The van der Waals surface area contributed by atoms with Crippen LogP contribution in [-0.2, 0) is 19.0 Å². The third kappa shape index (κ3) is 6.91. The number of likely N-dealkylation sites (tertiary alicyclic amines) is 1. The second kappa shape index (κ2) is 12.6. The number of carbonyl (C=O) groups excluding carboxylic acids is 1. The van der Waals surface area contributed by atoms with E-state index < -0.39 is 36.1 Å². The van der Waals surface area contributed by atoms with Crippen molar-refractivity contribution < 1.29 is 34.1 Å². The molecule has 2 fully saturated rings.